The Morgan fingerprint density at radius 1 is 1.03 bits per heavy atom. The molecule has 4 rings (SSSR count). The Bertz CT molecular complexity index is 1190. The highest BCUT2D eigenvalue weighted by molar-refractivity contribution is 6.60. The van der Waals surface area contributed by atoms with Gasteiger partial charge in [0.05, 0.1) is 6.20 Å². The van der Waals surface area contributed by atoms with E-state index in [0.29, 0.717) is 12.8 Å². The van der Waals surface area contributed by atoms with E-state index >= 15 is 0 Å². The predicted octanol–water partition coefficient (Wildman–Crippen LogP) is 3.22. The molecule has 1 aliphatic rings. The van der Waals surface area contributed by atoms with Gasteiger partial charge in [-0.15, -0.1) is 0 Å². The zero-order valence-corrected chi connectivity index (χ0v) is 21.0. The van der Waals surface area contributed by atoms with E-state index in [0.717, 1.165) is 11.1 Å². The molecule has 3 atom stereocenters. The van der Waals surface area contributed by atoms with Crippen LogP contribution < -0.4 is 10.6 Å². The summed E-state index contributed by atoms with van der Waals surface area (Å²) in [5.74, 6) is -0.971. The average molecular weight is 498 g/mol. The summed E-state index contributed by atoms with van der Waals surface area (Å²) in [5, 5.41) is 5.91. The van der Waals surface area contributed by atoms with Crippen LogP contribution in [0.25, 0.3) is 0 Å². The number of benzene rings is 2. The van der Waals surface area contributed by atoms with Crippen LogP contribution in [0, 0.1) is 5.92 Å². The van der Waals surface area contributed by atoms with Gasteiger partial charge in [0.25, 0.3) is 5.91 Å². The number of carbonyl (C=O) groups is 3. The topological polar surface area (TPSA) is 110 Å². The summed E-state index contributed by atoms with van der Waals surface area (Å²) in [6.45, 7) is 3.65. The van der Waals surface area contributed by atoms with Crippen LogP contribution in [-0.4, -0.2) is 46.5 Å². The van der Waals surface area contributed by atoms with Gasteiger partial charge >= 0.3 is 6.92 Å². The summed E-state index contributed by atoms with van der Waals surface area (Å²) in [6.07, 6.45) is 4.76. The molecule has 8 nitrogen and oxygen atoms in total. The van der Waals surface area contributed by atoms with Crippen LogP contribution in [0.5, 0.6) is 0 Å². The van der Waals surface area contributed by atoms with Gasteiger partial charge in [0.15, 0.2) is 5.78 Å². The van der Waals surface area contributed by atoms with E-state index in [1.807, 2.05) is 60.7 Å². The third-order valence-corrected chi connectivity index (χ3v) is 6.31. The Morgan fingerprint density at radius 2 is 1.73 bits per heavy atom. The number of hydrogen-bond donors (Lipinski definition) is 2. The third-order valence-electron chi connectivity index (χ3n) is 6.31. The fraction of sp³-hybridized carbons (Fsp3) is 0.321. The minimum atomic E-state index is -0.853. The lowest BCUT2D eigenvalue weighted by atomic mass is 9.56. The standard InChI is InChI=1S/C28H31BN4O4/c1-19(2)15-25(29-17-24(34)26(37-29)21-11-7-4-8-12-21)33-27(35)22(16-20-9-5-3-6-10-20)32-28(36)23-18-30-13-14-31-23/h3-14,18-19,22,25-26H,15-17H2,1-2H3,(H,32,36)(H,33,35)/t22-,25-,26+/m0/s1. The first-order valence-corrected chi connectivity index (χ1v) is 12.5. The summed E-state index contributed by atoms with van der Waals surface area (Å²) in [7, 11) is 0. The molecular weight excluding hydrogens is 467 g/mol. The minimum Gasteiger partial charge on any atom is -0.420 e. The second-order valence-corrected chi connectivity index (χ2v) is 9.69. The quantitative estimate of drug-likeness (QED) is 0.416. The Labute approximate surface area is 217 Å². The fourth-order valence-corrected chi connectivity index (χ4v) is 4.54. The van der Waals surface area contributed by atoms with Crippen LogP contribution in [0.1, 0.15) is 48.0 Å². The number of hydrogen-bond acceptors (Lipinski definition) is 6. The second kappa shape index (κ2) is 12.4. The molecule has 0 spiro atoms. The number of ketones is 1. The normalized spacial score (nSPS) is 16.9. The summed E-state index contributed by atoms with van der Waals surface area (Å²) >= 11 is 0. The van der Waals surface area contributed by atoms with Gasteiger partial charge in [-0.1, -0.05) is 74.5 Å². The molecule has 3 aromatic rings. The highest BCUT2D eigenvalue weighted by Crippen LogP contribution is 2.31. The number of rotatable bonds is 10. The average Bonchev–Trinajstić information content (AvgIpc) is 3.30. The SMILES string of the molecule is CC(C)C[C@H](NC(=O)[C@H](Cc1ccccc1)NC(=O)c1cnccn1)B1CC(=O)[C@@H](c2ccccc2)O1. The van der Waals surface area contributed by atoms with Gasteiger partial charge in [0.2, 0.25) is 5.91 Å². The van der Waals surface area contributed by atoms with Crippen LogP contribution in [0.2, 0.25) is 6.32 Å². The third kappa shape index (κ3) is 7.10. The number of nitrogens with zero attached hydrogens (tertiary/aromatic N) is 2. The first-order valence-electron chi connectivity index (χ1n) is 12.5. The van der Waals surface area contributed by atoms with E-state index < -0.39 is 30.9 Å². The number of amides is 2. The molecule has 2 amide bonds. The van der Waals surface area contributed by atoms with E-state index in [2.05, 4.69) is 34.4 Å². The maximum atomic E-state index is 13.6. The van der Waals surface area contributed by atoms with E-state index in [4.69, 9.17) is 4.65 Å². The molecule has 1 aromatic heterocycles. The van der Waals surface area contributed by atoms with Gasteiger partial charge in [0.1, 0.15) is 17.8 Å². The highest BCUT2D eigenvalue weighted by atomic mass is 16.5. The lowest BCUT2D eigenvalue weighted by molar-refractivity contribution is -0.123. The van der Waals surface area contributed by atoms with E-state index in [1.165, 1.54) is 18.6 Å². The molecule has 0 saturated carbocycles. The van der Waals surface area contributed by atoms with Crippen molar-refractivity contribution in [1.82, 2.24) is 20.6 Å². The molecule has 2 heterocycles. The molecule has 190 valence electrons. The molecule has 0 unspecified atom stereocenters. The molecule has 2 N–H and O–H groups in total. The first-order chi connectivity index (χ1) is 17.9. The summed E-state index contributed by atoms with van der Waals surface area (Å²) in [4.78, 5) is 47.3. The van der Waals surface area contributed by atoms with Crippen LogP contribution in [0.4, 0.5) is 0 Å². The van der Waals surface area contributed by atoms with Gasteiger partial charge in [-0.2, -0.15) is 0 Å². The molecule has 1 fully saturated rings. The van der Waals surface area contributed by atoms with Crippen molar-refractivity contribution in [2.24, 2.45) is 5.92 Å². The lowest BCUT2D eigenvalue weighted by Crippen LogP contribution is -2.55. The Kier molecular flexibility index (Phi) is 8.79. The predicted molar refractivity (Wildman–Crippen MR) is 141 cm³/mol. The van der Waals surface area contributed by atoms with Crippen molar-refractivity contribution in [3.8, 4) is 0 Å². The maximum Gasteiger partial charge on any atom is 0.324 e. The van der Waals surface area contributed by atoms with Crippen LogP contribution in [0.15, 0.2) is 79.3 Å². The second-order valence-electron chi connectivity index (χ2n) is 9.69. The van der Waals surface area contributed by atoms with Gasteiger partial charge < -0.3 is 15.3 Å². The van der Waals surface area contributed by atoms with E-state index in [9.17, 15) is 14.4 Å². The molecule has 37 heavy (non-hydrogen) atoms. The van der Waals surface area contributed by atoms with Crippen molar-refractivity contribution >= 4 is 24.5 Å². The van der Waals surface area contributed by atoms with Crippen LogP contribution >= 0.6 is 0 Å². The smallest absolute Gasteiger partial charge is 0.324 e. The minimum absolute atomic E-state index is 0.00371. The summed E-state index contributed by atoms with van der Waals surface area (Å²) in [6, 6.07) is 18.0. The van der Waals surface area contributed by atoms with Crippen molar-refractivity contribution in [3.05, 3.63) is 96.1 Å². The molecule has 2 aromatic carbocycles. The maximum absolute atomic E-state index is 13.6. The highest BCUT2D eigenvalue weighted by Gasteiger charge is 2.43. The van der Waals surface area contributed by atoms with Crippen molar-refractivity contribution < 1.29 is 19.0 Å². The zero-order chi connectivity index (χ0) is 26.2. The summed E-state index contributed by atoms with van der Waals surface area (Å²) < 4.78 is 6.20. The number of nitrogens with one attached hydrogen (secondary N) is 2. The molecule has 0 bridgehead atoms. The molecule has 0 radical (unpaired) electrons. The Morgan fingerprint density at radius 3 is 2.38 bits per heavy atom. The van der Waals surface area contributed by atoms with Gasteiger partial charge in [-0.05, 0) is 23.5 Å². The number of carbonyl (C=O) groups excluding carboxylic acids is 3. The van der Waals surface area contributed by atoms with Crippen LogP contribution in [0.3, 0.4) is 0 Å². The first kappa shape index (κ1) is 26.2. The van der Waals surface area contributed by atoms with Gasteiger partial charge in [-0.3, -0.25) is 19.4 Å². The van der Waals surface area contributed by atoms with E-state index in [1.54, 1.807) is 0 Å². The lowest BCUT2D eigenvalue weighted by Gasteiger charge is -2.27. The summed E-state index contributed by atoms with van der Waals surface area (Å²) in [5.41, 5.74) is 1.84. The number of Topliss-reactive ketones (excluding diaryl/α,β-unsaturated/α-hetero) is 1. The van der Waals surface area contributed by atoms with Gasteiger partial charge in [0, 0.05) is 31.1 Å². The van der Waals surface area contributed by atoms with Crippen LogP contribution in [-0.2, 0) is 20.7 Å². The monoisotopic (exact) mass is 498 g/mol. The molecule has 1 aliphatic heterocycles. The van der Waals surface area contributed by atoms with Crippen molar-refractivity contribution in [3.63, 3.8) is 0 Å². The molecular formula is C28H31BN4O4. The molecule has 9 heteroatoms. The van der Waals surface area contributed by atoms with Crippen molar-refractivity contribution in [2.75, 3.05) is 0 Å². The fourth-order valence-electron chi connectivity index (χ4n) is 4.54. The van der Waals surface area contributed by atoms with Gasteiger partial charge in [-0.25, -0.2) is 4.98 Å². The zero-order valence-electron chi connectivity index (χ0n) is 21.0. The number of aromatic nitrogens is 2. The Balaban J connectivity index is 1.52. The molecule has 0 aliphatic carbocycles. The Hall–Kier alpha value is -3.85. The van der Waals surface area contributed by atoms with Crippen molar-refractivity contribution in [2.45, 2.75) is 51.1 Å². The van der Waals surface area contributed by atoms with E-state index in [-0.39, 0.29) is 29.6 Å². The molecule has 1 saturated heterocycles. The van der Waals surface area contributed by atoms with Crippen molar-refractivity contribution in [1.29, 1.82) is 0 Å². The largest absolute Gasteiger partial charge is 0.420 e.